The first-order valence-electron chi connectivity index (χ1n) is 3.96. The number of nitrogen functional groups attached to an aromatic ring is 1. The molecule has 1 aromatic carbocycles. The van der Waals surface area contributed by atoms with Crippen molar-refractivity contribution in [3.05, 3.63) is 29.6 Å². The van der Waals surface area contributed by atoms with Gasteiger partial charge in [-0.25, -0.2) is 4.39 Å². The van der Waals surface area contributed by atoms with Crippen molar-refractivity contribution in [2.45, 2.75) is 19.4 Å². The smallest absolute Gasteiger partial charge is 0.130 e. The summed E-state index contributed by atoms with van der Waals surface area (Å²) in [6, 6.07) is 4.32. The predicted molar refractivity (Wildman–Crippen MR) is 48.0 cm³/mol. The molecule has 0 bridgehead atoms. The molecule has 0 radical (unpaired) electrons. The van der Waals surface area contributed by atoms with Gasteiger partial charge in [-0.3, -0.25) is 0 Å². The van der Waals surface area contributed by atoms with Gasteiger partial charge in [0.15, 0.2) is 0 Å². The molecule has 4 N–H and O–H groups in total. The zero-order chi connectivity index (χ0) is 9.14. The normalized spacial score (nSPS) is 12.9. The summed E-state index contributed by atoms with van der Waals surface area (Å²) in [7, 11) is 0. The lowest BCUT2D eigenvalue weighted by molar-refractivity contribution is 0.577. The lowest BCUT2D eigenvalue weighted by Crippen LogP contribution is -2.13. The molecule has 66 valence electrons. The van der Waals surface area contributed by atoms with E-state index in [4.69, 9.17) is 11.5 Å². The van der Waals surface area contributed by atoms with Gasteiger partial charge in [-0.1, -0.05) is 13.0 Å². The molecular formula is C9H13FN2. The lowest BCUT2D eigenvalue weighted by atomic mass is 10.0. The second kappa shape index (κ2) is 3.54. The van der Waals surface area contributed by atoms with Crippen molar-refractivity contribution in [1.82, 2.24) is 0 Å². The summed E-state index contributed by atoms with van der Waals surface area (Å²) >= 11 is 0. The average Bonchev–Trinajstić information content (AvgIpc) is 2.03. The van der Waals surface area contributed by atoms with Gasteiger partial charge in [0.1, 0.15) is 5.82 Å². The van der Waals surface area contributed by atoms with Gasteiger partial charge in [0, 0.05) is 17.3 Å². The van der Waals surface area contributed by atoms with Crippen molar-refractivity contribution in [2.24, 2.45) is 5.73 Å². The van der Waals surface area contributed by atoms with E-state index < -0.39 is 0 Å². The van der Waals surface area contributed by atoms with Crippen LogP contribution >= 0.6 is 0 Å². The van der Waals surface area contributed by atoms with Crippen LogP contribution in [0.1, 0.15) is 24.9 Å². The minimum Gasteiger partial charge on any atom is -0.398 e. The molecule has 0 amide bonds. The molecule has 0 saturated heterocycles. The fraction of sp³-hybridized carbons (Fsp3) is 0.333. The molecule has 0 fully saturated rings. The van der Waals surface area contributed by atoms with Crippen LogP contribution in [0, 0.1) is 5.82 Å². The third kappa shape index (κ3) is 1.56. The Hall–Kier alpha value is -1.09. The third-order valence-electron chi connectivity index (χ3n) is 1.90. The van der Waals surface area contributed by atoms with Gasteiger partial charge in [0.25, 0.3) is 0 Å². The summed E-state index contributed by atoms with van der Waals surface area (Å²) in [4.78, 5) is 0. The number of benzene rings is 1. The zero-order valence-electron chi connectivity index (χ0n) is 7.05. The van der Waals surface area contributed by atoms with E-state index in [2.05, 4.69) is 0 Å². The third-order valence-corrected chi connectivity index (χ3v) is 1.90. The molecule has 1 rings (SSSR count). The van der Waals surface area contributed by atoms with Gasteiger partial charge in [-0.2, -0.15) is 0 Å². The summed E-state index contributed by atoms with van der Waals surface area (Å²) in [5, 5.41) is 0. The minimum absolute atomic E-state index is 0.300. The SMILES string of the molecule is CC[C@H](N)c1c(N)cccc1F. The van der Waals surface area contributed by atoms with Gasteiger partial charge in [0.2, 0.25) is 0 Å². The highest BCUT2D eigenvalue weighted by Crippen LogP contribution is 2.23. The van der Waals surface area contributed by atoms with Crippen LogP contribution in [0.3, 0.4) is 0 Å². The second-order valence-electron chi connectivity index (χ2n) is 2.76. The Bertz CT molecular complexity index is 253. The summed E-state index contributed by atoms with van der Waals surface area (Å²) < 4.78 is 13.1. The number of hydrogen-bond donors (Lipinski definition) is 2. The van der Waals surface area contributed by atoms with Crippen molar-refractivity contribution < 1.29 is 4.39 Å². The molecule has 3 heteroatoms. The molecule has 12 heavy (non-hydrogen) atoms. The molecule has 0 unspecified atom stereocenters. The Morgan fingerprint density at radius 2 is 2.17 bits per heavy atom. The summed E-state index contributed by atoms with van der Waals surface area (Å²) in [6.07, 6.45) is 0.686. The Labute approximate surface area is 71.4 Å². The molecule has 0 aliphatic rings. The van der Waals surface area contributed by atoms with Crippen molar-refractivity contribution >= 4 is 5.69 Å². The average molecular weight is 168 g/mol. The number of rotatable bonds is 2. The molecule has 0 saturated carbocycles. The zero-order valence-corrected chi connectivity index (χ0v) is 7.05. The lowest BCUT2D eigenvalue weighted by Gasteiger charge is -2.12. The maximum absolute atomic E-state index is 13.1. The van der Waals surface area contributed by atoms with Crippen LogP contribution in [0.15, 0.2) is 18.2 Å². The van der Waals surface area contributed by atoms with E-state index in [0.717, 1.165) is 0 Å². The Morgan fingerprint density at radius 1 is 1.50 bits per heavy atom. The van der Waals surface area contributed by atoms with Crippen molar-refractivity contribution in [2.75, 3.05) is 5.73 Å². The molecule has 1 aromatic rings. The van der Waals surface area contributed by atoms with Crippen LogP contribution in [0.4, 0.5) is 10.1 Å². The molecule has 1 atom stereocenters. The number of anilines is 1. The van der Waals surface area contributed by atoms with E-state index in [9.17, 15) is 4.39 Å². The quantitative estimate of drug-likeness (QED) is 0.662. The van der Waals surface area contributed by atoms with E-state index in [-0.39, 0.29) is 11.9 Å². The van der Waals surface area contributed by atoms with Crippen LogP contribution in [0.2, 0.25) is 0 Å². The van der Waals surface area contributed by atoms with Gasteiger partial charge in [-0.05, 0) is 18.6 Å². The highest BCUT2D eigenvalue weighted by Gasteiger charge is 2.11. The highest BCUT2D eigenvalue weighted by atomic mass is 19.1. The van der Waals surface area contributed by atoms with Crippen LogP contribution < -0.4 is 11.5 Å². The monoisotopic (exact) mass is 168 g/mol. The van der Waals surface area contributed by atoms with E-state index >= 15 is 0 Å². The van der Waals surface area contributed by atoms with Crippen LogP contribution in [-0.2, 0) is 0 Å². The van der Waals surface area contributed by atoms with Crippen molar-refractivity contribution in [3.8, 4) is 0 Å². The standard InChI is InChI=1S/C9H13FN2/c1-2-7(11)9-6(10)4-3-5-8(9)12/h3-5,7H,2,11-12H2,1H3/t7-/m0/s1. The summed E-state index contributed by atoms with van der Waals surface area (Å²) in [5.74, 6) is -0.315. The topological polar surface area (TPSA) is 52.0 Å². The van der Waals surface area contributed by atoms with Gasteiger partial charge in [-0.15, -0.1) is 0 Å². The van der Waals surface area contributed by atoms with E-state index in [1.807, 2.05) is 6.92 Å². The van der Waals surface area contributed by atoms with Gasteiger partial charge < -0.3 is 11.5 Å². The van der Waals surface area contributed by atoms with Crippen LogP contribution in [0.25, 0.3) is 0 Å². The fourth-order valence-electron chi connectivity index (χ4n) is 1.15. The molecular weight excluding hydrogens is 155 g/mol. The van der Waals surface area contributed by atoms with Crippen LogP contribution in [0.5, 0.6) is 0 Å². The summed E-state index contributed by atoms with van der Waals surface area (Å²) in [5.41, 5.74) is 12.1. The van der Waals surface area contributed by atoms with Crippen molar-refractivity contribution in [1.29, 1.82) is 0 Å². The number of nitrogens with two attached hydrogens (primary N) is 2. The first-order valence-corrected chi connectivity index (χ1v) is 3.96. The molecule has 0 spiro atoms. The Balaban J connectivity index is 3.12. The molecule has 0 aromatic heterocycles. The number of halogens is 1. The first kappa shape index (κ1) is 9.00. The second-order valence-corrected chi connectivity index (χ2v) is 2.76. The highest BCUT2D eigenvalue weighted by molar-refractivity contribution is 5.48. The van der Waals surface area contributed by atoms with E-state index in [1.54, 1.807) is 12.1 Å². The maximum atomic E-state index is 13.1. The molecule has 0 aliphatic heterocycles. The van der Waals surface area contributed by atoms with Crippen molar-refractivity contribution in [3.63, 3.8) is 0 Å². The van der Waals surface area contributed by atoms with E-state index in [0.29, 0.717) is 17.7 Å². The number of hydrogen-bond acceptors (Lipinski definition) is 2. The fourth-order valence-corrected chi connectivity index (χ4v) is 1.15. The minimum atomic E-state index is -0.315. The molecule has 2 nitrogen and oxygen atoms in total. The first-order chi connectivity index (χ1) is 5.66. The maximum Gasteiger partial charge on any atom is 0.130 e. The molecule has 0 heterocycles. The van der Waals surface area contributed by atoms with Crippen LogP contribution in [-0.4, -0.2) is 0 Å². The van der Waals surface area contributed by atoms with E-state index in [1.165, 1.54) is 6.07 Å². The molecule has 0 aliphatic carbocycles. The van der Waals surface area contributed by atoms with Gasteiger partial charge in [0.05, 0.1) is 0 Å². The Kier molecular flexibility index (Phi) is 2.65. The van der Waals surface area contributed by atoms with Gasteiger partial charge >= 0.3 is 0 Å². The predicted octanol–water partition coefficient (Wildman–Crippen LogP) is 1.82. The summed E-state index contributed by atoms with van der Waals surface area (Å²) in [6.45, 7) is 1.90. The largest absolute Gasteiger partial charge is 0.398 e. The Morgan fingerprint density at radius 3 is 2.67 bits per heavy atom.